The van der Waals surface area contributed by atoms with Crippen LogP contribution in [0, 0.1) is 6.92 Å². The van der Waals surface area contributed by atoms with Crippen molar-refractivity contribution in [1.29, 1.82) is 0 Å². The van der Waals surface area contributed by atoms with Crippen molar-refractivity contribution >= 4 is 10.9 Å². The molecule has 1 aromatic heterocycles. The number of benzene rings is 2. The van der Waals surface area contributed by atoms with Gasteiger partial charge in [-0.15, -0.1) is 0 Å². The van der Waals surface area contributed by atoms with Gasteiger partial charge in [0.25, 0.3) is 0 Å². The average Bonchev–Trinajstić information content (AvgIpc) is 2.94. The van der Waals surface area contributed by atoms with Gasteiger partial charge in [-0.3, -0.25) is 4.90 Å². The van der Waals surface area contributed by atoms with Gasteiger partial charge in [0, 0.05) is 36.6 Å². The van der Waals surface area contributed by atoms with Crippen LogP contribution in [-0.4, -0.2) is 22.6 Å². The lowest BCUT2D eigenvalue weighted by Gasteiger charge is -2.31. The lowest BCUT2D eigenvalue weighted by Crippen LogP contribution is -2.35. The zero-order valence-electron chi connectivity index (χ0n) is 16.5. The molecule has 3 aromatic rings. The monoisotopic (exact) mass is 386 g/mol. The van der Waals surface area contributed by atoms with E-state index in [4.69, 9.17) is 0 Å². The summed E-state index contributed by atoms with van der Waals surface area (Å²) in [5, 5.41) is 1.31. The van der Waals surface area contributed by atoms with Gasteiger partial charge in [0.2, 0.25) is 0 Å². The smallest absolute Gasteiger partial charge is 0.344 e. The number of alkyl halides is 3. The normalized spacial score (nSPS) is 17.9. The summed E-state index contributed by atoms with van der Waals surface area (Å²) in [7, 11) is 2.16. The minimum atomic E-state index is -4.28. The summed E-state index contributed by atoms with van der Waals surface area (Å²) in [6.07, 6.45) is -2.58. The Balaban J connectivity index is 1.68. The number of nitrogens with zero attached hydrogens (tertiary/aromatic N) is 2. The first-order chi connectivity index (χ1) is 13.3. The third-order valence-electron chi connectivity index (χ3n) is 6.06. The molecule has 0 saturated carbocycles. The topological polar surface area (TPSA) is 8.17 Å². The molecule has 0 amide bonds. The van der Waals surface area contributed by atoms with E-state index in [0.29, 0.717) is 12.5 Å². The maximum Gasteiger partial charge on any atom is 0.416 e. The number of para-hydroxylation sites is 1. The van der Waals surface area contributed by atoms with Crippen molar-refractivity contribution < 1.29 is 13.2 Å². The van der Waals surface area contributed by atoms with E-state index in [-0.39, 0.29) is 0 Å². The molecule has 0 saturated heterocycles. The van der Waals surface area contributed by atoms with E-state index in [1.54, 1.807) is 12.1 Å². The maximum atomic E-state index is 12.8. The van der Waals surface area contributed by atoms with Gasteiger partial charge >= 0.3 is 6.18 Å². The minimum absolute atomic E-state index is 0.474. The Bertz CT molecular complexity index is 999. The van der Waals surface area contributed by atoms with Gasteiger partial charge in [-0.1, -0.05) is 30.3 Å². The Morgan fingerprint density at radius 2 is 1.79 bits per heavy atom. The number of fused-ring (bicyclic) bond motifs is 3. The Labute approximate surface area is 163 Å². The molecule has 0 fully saturated rings. The first kappa shape index (κ1) is 19.1. The second-order valence-corrected chi connectivity index (χ2v) is 7.96. The molecule has 1 unspecified atom stereocenters. The van der Waals surface area contributed by atoms with Crippen molar-refractivity contribution in [2.75, 3.05) is 7.05 Å². The summed E-state index contributed by atoms with van der Waals surface area (Å²) >= 11 is 0. The second-order valence-electron chi connectivity index (χ2n) is 7.96. The number of aryl methyl sites for hydroxylation is 3. The highest BCUT2D eigenvalue weighted by Crippen LogP contribution is 2.34. The van der Waals surface area contributed by atoms with Crippen molar-refractivity contribution in [3.63, 3.8) is 0 Å². The molecular formula is C23H25F3N2. The number of hydrogen-bond acceptors (Lipinski definition) is 1. The highest BCUT2D eigenvalue weighted by Gasteiger charge is 2.30. The fourth-order valence-corrected chi connectivity index (χ4v) is 4.31. The van der Waals surface area contributed by atoms with Crippen LogP contribution >= 0.6 is 0 Å². The van der Waals surface area contributed by atoms with Gasteiger partial charge in [0.15, 0.2) is 0 Å². The molecule has 0 radical (unpaired) electrons. The van der Waals surface area contributed by atoms with Crippen molar-refractivity contribution in [1.82, 2.24) is 9.47 Å². The van der Waals surface area contributed by atoms with Gasteiger partial charge in [0.1, 0.15) is 0 Å². The van der Waals surface area contributed by atoms with Crippen LogP contribution < -0.4 is 0 Å². The van der Waals surface area contributed by atoms with Crippen LogP contribution in [0.15, 0.2) is 42.5 Å². The molecule has 2 nitrogen and oxygen atoms in total. The number of likely N-dealkylation sites (N-methyl/N-ethyl adjacent to an activating group) is 1. The molecule has 2 heterocycles. The van der Waals surface area contributed by atoms with E-state index in [9.17, 15) is 13.2 Å². The van der Waals surface area contributed by atoms with Crippen LogP contribution in [0.4, 0.5) is 13.2 Å². The van der Waals surface area contributed by atoms with E-state index in [1.165, 1.54) is 39.9 Å². The number of hydrogen-bond donors (Lipinski definition) is 0. The summed E-state index contributed by atoms with van der Waals surface area (Å²) in [5.74, 6) is 0. The molecule has 2 aromatic carbocycles. The Morgan fingerprint density at radius 3 is 2.46 bits per heavy atom. The summed E-state index contributed by atoms with van der Waals surface area (Å²) in [6.45, 7) is 6.09. The lowest BCUT2D eigenvalue weighted by atomic mass is 9.99. The fourth-order valence-electron chi connectivity index (χ4n) is 4.31. The van der Waals surface area contributed by atoms with Crippen molar-refractivity contribution in [2.45, 2.75) is 52.0 Å². The predicted octanol–water partition coefficient (Wildman–Crippen LogP) is 5.59. The van der Waals surface area contributed by atoms with Crippen LogP contribution in [0.3, 0.4) is 0 Å². The molecule has 1 atom stereocenters. The van der Waals surface area contributed by atoms with E-state index < -0.39 is 11.7 Å². The van der Waals surface area contributed by atoms with Gasteiger partial charge in [-0.25, -0.2) is 0 Å². The maximum absolute atomic E-state index is 12.8. The zero-order valence-corrected chi connectivity index (χ0v) is 16.5. The largest absolute Gasteiger partial charge is 0.416 e. The van der Waals surface area contributed by atoms with Gasteiger partial charge < -0.3 is 4.57 Å². The summed E-state index contributed by atoms with van der Waals surface area (Å²) in [5.41, 5.74) is 5.62. The standard InChI is InChI=1S/C23H25F3N2/c1-15-5-4-6-19-20-14-27(3)16(2)13-21(20)28(22(15)19)12-11-17-7-9-18(10-8-17)23(24,25)26/h4-10,16H,11-14H2,1-3H3. The Kier molecular flexibility index (Phi) is 4.74. The summed E-state index contributed by atoms with van der Waals surface area (Å²) in [4.78, 5) is 2.38. The second kappa shape index (κ2) is 6.96. The minimum Gasteiger partial charge on any atom is -0.344 e. The molecule has 0 bridgehead atoms. The van der Waals surface area contributed by atoms with E-state index in [0.717, 1.165) is 25.1 Å². The molecule has 28 heavy (non-hydrogen) atoms. The highest BCUT2D eigenvalue weighted by atomic mass is 19.4. The number of rotatable bonds is 3. The van der Waals surface area contributed by atoms with Crippen LogP contribution in [0.2, 0.25) is 0 Å². The number of aromatic nitrogens is 1. The fraction of sp³-hybridized carbons (Fsp3) is 0.391. The zero-order chi connectivity index (χ0) is 20.1. The SMILES string of the molecule is Cc1cccc2c3c(n(CCc4ccc(C(F)(F)F)cc4)c12)CC(C)N(C)C3. The number of halogens is 3. The van der Waals surface area contributed by atoms with Crippen LogP contribution in [0.25, 0.3) is 10.9 Å². The van der Waals surface area contributed by atoms with E-state index >= 15 is 0 Å². The molecule has 0 N–H and O–H groups in total. The molecule has 5 heteroatoms. The predicted molar refractivity (Wildman–Crippen MR) is 106 cm³/mol. The van der Waals surface area contributed by atoms with Crippen molar-refractivity contribution in [3.05, 3.63) is 70.4 Å². The molecule has 4 rings (SSSR count). The van der Waals surface area contributed by atoms with E-state index in [1.807, 2.05) is 0 Å². The van der Waals surface area contributed by atoms with Crippen LogP contribution in [0.5, 0.6) is 0 Å². The average molecular weight is 386 g/mol. The van der Waals surface area contributed by atoms with Crippen LogP contribution in [0.1, 0.15) is 34.9 Å². The molecule has 1 aliphatic heterocycles. The van der Waals surface area contributed by atoms with Gasteiger partial charge in [-0.2, -0.15) is 13.2 Å². The third-order valence-corrected chi connectivity index (χ3v) is 6.06. The Hall–Kier alpha value is -2.27. The third kappa shape index (κ3) is 3.32. The van der Waals surface area contributed by atoms with Gasteiger partial charge in [0.05, 0.1) is 11.1 Å². The van der Waals surface area contributed by atoms with Crippen LogP contribution in [-0.2, 0) is 32.1 Å². The summed E-state index contributed by atoms with van der Waals surface area (Å²) in [6, 6.07) is 12.5. The highest BCUT2D eigenvalue weighted by molar-refractivity contribution is 5.88. The first-order valence-electron chi connectivity index (χ1n) is 9.71. The van der Waals surface area contributed by atoms with Gasteiger partial charge in [-0.05, 0) is 56.1 Å². The molecular weight excluding hydrogens is 361 g/mol. The molecule has 0 spiro atoms. The summed E-state index contributed by atoms with van der Waals surface area (Å²) < 4.78 is 40.8. The first-order valence-corrected chi connectivity index (χ1v) is 9.71. The van der Waals surface area contributed by atoms with Crippen molar-refractivity contribution in [2.24, 2.45) is 0 Å². The van der Waals surface area contributed by atoms with Crippen molar-refractivity contribution in [3.8, 4) is 0 Å². The lowest BCUT2D eigenvalue weighted by molar-refractivity contribution is -0.137. The quantitative estimate of drug-likeness (QED) is 0.570. The van der Waals surface area contributed by atoms with E-state index in [2.05, 4.69) is 48.6 Å². The molecule has 1 aliphatic rings. The molecule has 148 valence electrons. The Morgan fingerprint density at radius 1 is 1.07 bits per heavy atom. The molecule has 0 aliphatic carbocycles.